The zero-order valence-corrected chi connectivity index (χ0v) is 12.9. The molecule has 0 aliphatic rings. The van der Waals surface area contributed by atoms with Gasteiger partial charge >= 0.3 is 0 Å². The second kappa shape index (κ2) is 7.31. The Balaban J connectivity index is 2.47. The van der Waals surface area contributed by atoms with Gasteiger partial charge in [0.05, 0.1) is 10.4 Å². The van der Waals surface area contributed by atoms with Crippen molar-refractivity contribution >= 4 is 27.3 Å². The molecule has 0 aliphatic heterocycles. The van der Waals surface area contributed by atoms with Crippen molar-refractivity contribution in [2.75, 3.05) is 26.8 Å². The van der Waals surface area contributed by atoms with Crippen LogP contribution in [0.4, 0.5) is 0 Å². The monoisotopic (exact) mass is 317 g/mol. The maximum atomic E-state index is 5.02. The number of ether oxygens (including phenoxy) is 1. The third kappa shape index (κ3) is 5.34. The van der Waals surface area contributed by atoms with Crippen LogP contribution in [0.15, 0.2) is 28.6 Å². The Labute approximate surface area is 116 Å². The van der Waals surface area contributed by atoms with Gasteiger partial charge in [-0.05, 0) is 34.5 Å². The van der Waals surface area contributed by atoms with Gasteiger partial charge in [0.2, 0.25) is 0 Å². The Hall–Kier alpha value is -0.160. The molecule has 0 bridgehead atoms. The fraction of sp³-hybridized carbons (Fsp3) is 0.538. The Kier molecular flexibility index (Phi) is 6.41. The molecule has 0 aliphatic carbocycles. The first-order valence-corrected chi connectivity index (χ1v) is 7.28. The molecule has 4 heteroatoms. The van der Waals surface area contributed by atoms with E-state index in [1.807, 2.05) is 6.08 Å². The van der Waals surface area contributed by atoms with Crippen LogP contribution in [0.25, 0.3) is 0 Å². The molecule has 17 heavy (non-hydrogen) atoms. The van der Waals surface area contributed by atoms with E-state index >= 15 is 0 Å². The van der Waals surface area contributed by atoms with Crippen LogP contribution in [0.2, 0.25) is 0 Å². The van der Waals surface area contributed by atoms with Crippen molar-refractivity contribution in [1.29, 1.82) is 0 Å². The molecular formula is C13H20BrNOS. The van der Waals surface area contributed by atoms with Crippen molar-refractivity contribution in [3.63, 3.8) is 0 Å². The zero-order valence-electron chi connectivity index (χ0n) is 10.5. The minimum atomic E-state index is 0.0953. The molecule has 96 valence electrons. The van der Waals surface area contributed by atoms with Crippen LogP contribution in [0.1, 0.15) is 11.8 Å². The van der Waals surface area contributed by atoms with Gasteiger partial charge in [0.15, 0.2) is 0 Å². The van der Waals surface area contributed by atoms with Gasteiger partial charge in [0.1, 0.15) is 0 Å². The lowest BCUT2D eigenvalue weighted by atomic mass is 9.86. The first-order valence-electron chi connectivity index (χ1n) is 5.67. The lowest BCUT2D eigenvalue weighted by Gasteiger charge is -2.25. The van der Waals surface area contributed by atoms with E-state index in [0.29, 0.717) is 0 Å². The lowest BCUT2D eigenvalue weighted by molar-refractivity contribution is 0.196. The molecule has 1 rings (SSSR count). The van der Waals surface area contributed by atoms with Crippen molar-refractivity contribution in [2.24, 2.45) is 5.41 Å². The van der Waals surface area contributed by atoms with Crippen LogP contribution in [0.5, 0.6) is 0 Å². The SMILES string of the molecule is C=CC(C)(CNCCOC)Cc1ccc(Br)s1. The maximum Gasteiger partial charge on any atom is 0.0701 e. The summed E-state index contributed by atoms with van der Waals surface area (Å²) in [6, 6.07) is 4.27. The summed E-state index contributed by atoms with van der Waals surface area (Å²) in [6.07, 6.45) is 3.06. The van der Waals surface area contributed by atoms with Crippen LogP contribution >= 0.6 is 27.3 Å². The van der Waals surface area contributed by atoms with Crippen LogP contribution in [-0.4, -0.2) is 26.8 Å². The van der Waals surface area contributed by atoms with Crippen LogP contribution in [0.3, 0.4) is 0 Å². The summed E-state index contributed by atoms with van der Waals surface area (Å²) in [4.78, 5) is 1.38. The molecule has 2 nitrogen and oxygen atoms in total. The number of halogens is 1. The highest BCUT2D eigenvalue weighted by Crippen LogP contribution is 2.29. The van der Waals surface area contributed by atoms with Crippen LogP contribution in [-0.2, 0) is 11.2 Å². The highest BCUT2D eigenvalue weighted by molar-refractivity contribution is 9.11. The van der Waals surface area contributed by atoms with Gasteiger partial charge < -0.3 is 10.1 Å². The number of methoxy groups -OCH3 is 1. The molecule has 1 heterocycles. The van der Waals surface area contributed by atoms with Gasteiger partial charge in [-0.15, -0.1) is 17.9 Å². The van der Waals surface area contributed by atoms with Crippen molar-refractivity contribution < 1.29 is 4.74 Å². The second-order valence-corrected chi connectivity index (χ2v) is 6.96. The second-order valence-electron chi connectivity index (χ2n) is 4.41. The fourth-order valence-corrected chi connectivity index (χ4v) is 3.28. The third-order valence-corrected chi connectivity index (χ3v) is 4.34. The Morgan fingerprint density at radius 3 is 2.88 bits per heavy atom. The molecule has 0 saturated heterocycles. The molecule has 0 radical (unpaired) electrons. The third-order valence-electron chi connectivity index (χ3n) is 2.71. The van der Waals surface area contributed by atoms with E-state index in [4.69, 9.17) is 4.74 Å². The summed E-state index contributed by atoms with van der Waals surface area (Å²) >= 11 is 5.29. The largest absolute Gasteiger partial charge is 0.383 e. The summed E-state index contributed by atoms with van der Waals surface area (Å²) in [5.74, 6) is 0. The first kappa shape index (κ1) is 14.9. The fourth-order valence-electron chi connectivity index (χ4n) is 1.60. The predicted octanol–water partition coefficient (Wildman–Crippen LogP) is 3.48. The Morgan fingerprint density at radius 2 is 2.35 bits per heavy atom. The molecule has 0 aromatic carbocycles. The zero-order chi connectivity index (χ0) is 12.7. The number of hydrogen-bond acceptors (Lipinski definition) is 3. The molecule has 1 aromatic rings. The van der Waals surface area contributed by atoms with Crippen molar-refractivity contribution in [1.82, 2.24) is 5.32 Å². The van der Waals surface area contributed by atoms with Gasteiger partial charge in [-0.3, -0.25) is 0 Å². The summed E-state index contributed by atoms with van der Waals surface area (Å²) in [5.41, 5.74) is 0.0953. The van der Waals surface area contributed by atoms with Gasteiger partial charge in [-0.2, -0.15) is 0 Å². The number of nitrogens with one attached hydrogen (secondary N) is 1. The maximum absolute atomic E-state index is 5.02. The van der Waals surface area contributed by atoms with Gasteiger partial charge in [-0.25, -0.2) is 0 Å². The summed E-state index contributed by atoms with van der Waals surface area (Å²) in [6.45, 7) is 8.74. The molecule has 1 unspecified atom stereocenters. The van der Waals surface area contributed by atoms with E-state index in [-0.39, 0.29) is 5.41 Å². The standard InChI is InChI=1S/C13H20BrNOS/c1-4-13(2,10-15-7-8-16-3)9-11-5-6-12(14)17-11/h4-6,15H,1,7-10H2,2-3H3. The van der Waals surface area contributed by atoms with E-state index in [2.05, 4.69) is 46.9 Å². The van der Waals surface area contributed by atoms with Gasteiger partial charge in [0, 0.05) is 30.5 Å². The summed E-state index contributed by atoms with van der Waals surface area (Å²) in [5, 5.41) is 3.40. The van der Waals surface area contributed by atoms with Crippen molar-refractivity contribution in [2.45, 2.75) is 13.3 Å². The van der Waals surface area contributed by atoms with Crippen molar-refractivity contribution in [3.05, 3.63) is 33.5 Å². The quantitative estimate of drug-likeness (QED) is 0.585. The van der Waals surface area contributed by atoms with Crippen LogP contribution < -0.4 is 5.32 Å². The Morgan fingerprint density at radius 1 is 1.59 bits per heavy atom. The van der Waals surface area contributed by atoms with E-state index < -0.39 is 0 Å². The van der Waals surface area contributed by atoms with E-state index in [1.54, 1.807) is 18.4 Å². The van der Waals surface area contributed by atoms with Gasteiger partial charge in [0.25, 0.3) is 0 Å². The van der Waals surface area contributed by atoms with E-state index in [1.165, 1.54) is 8.66 Å². The van der Waals surface area contributed by atoms with E-state index in [9.17, 15) is 0 Å². The molecule has 1 aromatic heterocycles. The average Bonchev–Trinajstić information content (AvgIpc) is 2.70. The Bertz CT molecular complexity index is 353. The summed E-state index contributed by atoms with van der Waals surface area (Å²) in [7, 11) is 1.72. The van der Waals surface area contributed by atoms with E-state index in [0.717, 1.165) is 26.1 Å². The molecule has 0 amide bonds. The topological polar surface area (TPSA) is 21.3 Å². The lowest BCUT2D eigenvalue weighted by Crippen LogP contribution is -2.33. The van der Waals surface area contributed by atoms with Crippen molar-refractivity contribution in [3.8, 4) is 0 Å². The molecule has 1 atom stereocenters. The molecular weight excluding hydrogens is 298 g/mol. The first-order chi connectivity index (χ1) is 8.09. The molecule has 1 N–H and O–H groups in total. The molecule has 0 fully saturated rings. The highest BCUT2D eigenvalue weighted by atomic mass is 79.9. The normalized spacial score (nSPS) is 14.5. The minimum absolute atomic E-state index is 0.0953. The number of thiophene rings is 1. The number of hydrogen-bond donors (Lipinski definition) is 1. The van der Waals surface area contributed by atoms with Crippen LogP contribution in [0, 0.1) is 5.41 Å². The minimum Gasteiger partial charge on any atom is -0.383 e. The smallest absolute Gasteiger partial charge is 0.0701 e. The summed E-state index contributed by atoms with van der Waals surface area (Å²) < 4.78 is 6.21. The molecule has 0 saturated carbocycles. The molecule has 0 spiro atoms. The highest BCUT2D eigenvalue weighted by Gasteiger charge is 2.21. The number of rotatable bonds is 8. The predicted molar refractivity (Wildman–Crippen MR) is 78.8 cm³/mol. The van der Waals surface area contributed by atoms with Gasteiger partial charge in [-0.1, -0.05) is 13.0 Å². The average molecular weight is 318 g/mol.